The average molecular weight is 320 g/mol. The molecular formula is C11H21Cl2F2N3O. The monoisotopic (exact) mass is 319 g/mol. The lowest BCUT2D eigenvalue weighted by molar-refractivity contribution is -0.135. The quantitative estimate of drug-likeness (QED) is 0.842. The van der Waals surface area contributed by atoms with Crippen LogP contribution >= 0.6 is 24.8 Å². The summed E-state index contributed by atoms with van der Waals surface area (Å²) in [5, 5.41) is 3.17. The van der Waals surface area contributed by atoms with Crippen molar-refractivity contribution < 1.29 is 13.6 Å². The molecule has 0 spiro atoms. The van der Waals surface area contributed by atoms with Gasteiger partial charge in [-0.2, -0.15) is 0 Å². The zero-order valence-electron chi connectivity index (χ0n) is 10.7. The Morgan fingerprint density at radius 2 is 1.84 bits per heavy atom. The first-order valence-corrected chi connectivity index (χ1v) is 6.19. The second-order valence-corrected chi connectivity index (χ2v) is 4.67. The Balaban J connectivity index is 0.00000162. The van der Waals surface area contributed by atoms with Gasteiger partial charge in [-0.05, 0) is 19.4 Å². The Kier molecular flexibility index (Phi) is 8.81. The summed E-state index contributed by atoms with van der Waals surface area (Å²) in [4.78, 5) is 15.5. The number of carbonyl (C=O) groups is 1. The first-order chi connectivity index (χ1) is 8.16. The average Bonchev–Trinajstić information content (AvgIpc) is 2.82. The van der Waals surface area contributed by atoms with Crippen LogP contribution in [0.1, 0.15) is 12.8 Å². The van der Waals surface area contributed by atoms with Crippen molar-refractivity contribution in [3.8, 4) is 0 Å². The van der Waals surface area contributed by atoms with E-state index in [9.17, 15) is 13.6 Å². The van der Waals surface area contributed by atoms with Gasteiger partial charge in [0.1, 0.15) is 0 Å². The summed E-state index contributed by atoms with van der Waals surface area (Å²) in [6, 6.07) is -0.0448. The summed E-state index contributed by atoms with van der Waals surface area (Å²) in [5.41, 5.74) is 0. The van der Waals surface area contributed by atoms with Gasteiger partial charge in [0.05, 0.1) is 12.6 Å². The fourth-order valence-electron chi connectivity index (χ4n) is 2.46. The Hall–Kier alpha value is -0.170. The summed E-state index contributed by atoms with van der Waals surface area (Å²) in [5.74, 6) is 0.138. The molecule has 2 aliphatic heterocycles. The lowest BCUT2D eigenvalue weighted by Crippen LogP contribution is -2.53. The first-order valence-electron chi connectivity index (χ1n) is 6.19. The fraction of sp³-hybridized carbons (Fsp3) is 0.909. The number of alkyl halides is 2. The molecule has 2 rings (SSSR count). The van der Waals surface area contributed by atoms with Crippen LogP contribution in [-0.2, 0) is 4.79 Å². The highest BCUT2D eigenvalue weighted by atomic mass is 35.5. The van der Waals surface area contributed by atoms with Crippen LogP contribution in [-0.4, -0.2) is 67.4 Å². The molecule has 0 aliphatic carbocycles. The number of hydrogen-bond donors (Lipinski definition) is 1. The highest BCUT2D eigenvalue weighted by molar-refractivity contribution is 5.85. The zero-order valence-corrected chi connectivity index (χ0v) is 12.3. The molecule has 0 aromatic heterocycles. The van der Waals surface area contributed by atoms with Crippen molar-refractivity contribution in [1.82, 2.24) is 15.1 Å². The molecule has 19 heavy (non-hydrogen) atoms. The number of halogens is 4. The van der Waals surface area contributed by atoms with Crippen LogP contribution in [0.3, 0.4) is 0 Å². The van der Waals surface area contributed by atoms with Gasteiger partial charge < -0.3 is 10.2 Å². The van der Waals surface area contributed by atoms with Crippen molar-refractivity contribution in [3.05, 3.63) is 0 Å². The van der Waals surface area contributed by atoms with Crippen LogP contribution < -0.4 is 5.32 Å². The highest BCUT2D eigenvalue weighted by Gasteiger charge is 2.29. The van der Waals surface area contributed by atoms with E-state index in [1.807, 2.05) is 0 Å². The molecule has 2 heterocycles. The van der Waals surface area contributed by atoms with Crippen molar-refractivity contribution in [2.45, 2.75) is 25.3 Å². The summed E-state index contributed by atoms with van der Waals surface area (Å²) < 4.78 is 24.4. The number of piperazine rings is 1. The number of nitrogens with one attached hydrogen (secondary N) is 1. The molecule has 1 N–H and O–H groups in total. The van der Waals surface area contributed by atoms with E-state index in [1.165, 1.54) is 0 Å². The van der Waals surface area contributed by atoms with Crippen molar-refractivity contribution in [2.75, 3.05) is 39.3 Å². The maximum atomic E-state index is 12.2. The van der Waals surface area contributed by atoms with Crippen LogP contribution in [0, 0.1) is 0 Å². The predicted octanol–water partition coefficient (Wildman–Crippen LogP) is 0.991. The van der Waals surface area contributed by atoms with E-state index >= 15 is 0 Å². The molecule has 2 fully saturated rings. The number of carbonyl (C=O) groups excluding carboxylic acids is 1. The number of hydrogen-bond acceptors (Lipinski definition) is 3. The van der Waals surface area contributed by atoms with Gasteiger partial charge in [0.25, 0.3) is 6.43 Å². The van der Waals surface area contributed by atoms with E-state index in [1.54, 1.807) is 9.80 Å². The number of rotatable bonds is 3. The van der Waals surface area contributed by atoms with Crippen molar-refractivity contribution in [1.29, 1.82) is 0 Å². The number of amides is 1. The Labute approximate surface area is 124 Å². The molecule has 2 saturated heterocycles. The van der Waals surface area contributed by atoms with Gasteiger partial charge in [-0.1, -0.05) is 0 Å². The normalized spacial score (nSPS) is 23.9. The van der Waals surface area contributed by atoms with E-state index < -0.39 is 6.43 Å². The third kappa shape index (κ3) is 5.38. The van der Waals surface area contributed by atoms with Gasteiger partial charge in [0.2, 0.25) is 5.91 Å². The highest BCUT2D eigenvalue weighted by Crippen LogP contribution is 2.11. The lowest BCUT2D eigenvalue weighted by Gasteiger charge is -2.35. The molecule has 0 bridgehead atoms. The molecule has 1 amide bonds. The van der Waals surface area contributed by atoms with Gasteiger partial charge >= 0.3 is 0 Å². The van der Waals surface area contributed by atoms with Crippen LogP contribution in [0.15, 0.2) is 0 Å². The lowest BCUT2D eigenvalue weighted by atomic mass is 10.2. The third-order valence-corrected chi connectivity index (χ3v) is 3.44. The summed E-state index contributed by atoms with van der Waals surface area (Å²) >= 11 is 0. The molecule has 1 unspecified atom stereocenters. The smallest absolute Gasteiger partial charge is 0.251 e. The van der Waals surface area contributed by atoms with Crippen LogP contribution in [0.5, 0.6) is 0 Å². The molecule has 1 atom stereocenters. The molecular weight excluding hydrogens is 299 g/mol. The maximum absolute atomic E-state index is 12.2. The second-order valence-electron chi connectivity index (χ2n) is 4.67. The van der Waals surface area contributed by atoms with Gasteiger partial charge in [-0.25, -0.2) is 8.78 Å². The minimum Gasteiger partial charge on any atom is -0.339 e. The van der Waals surface area contributed by atoms with Crippen LogP contribution in [0.25, 0.3) is 0 Å². The number of nitrogens with zero attached hydrogens (tertiary/aromatic N) is 2. The molecule has 114 valence electrons. The SMILES string of the molecule is Cl.Cl.O=C(C1CCCN1)N1CCN(CC(F)F)CC1. The van der Waals surface area contributed by atoms with Gasteiger partial charge in [-0.3, -0.25) is 9.69 Å². The van der Waals surface area contributed by atoms with Crippen molar-refractivity contribution in [2.24, 2.45) is 0 Å². The van der Waals surface area contributed by atoms with Crippen molar-refractivity contribution in [3.63, 3.8) is 0 Å². The maximum Gasteiger partial charge on any atom is 0.251 e. The largest absolute Gasteiger partial charge is 0.339 e. The van der Waals surface area contributed by atoms with E-state index in [0.717, 1.165) is 19.4 Å². The van der Waals surface area contributed by atoms with Crippen LogP contribution in [0.4, 0.5) is 8.78 Å². The fourth-order valence-corrected chi connectivity index (χ4v) is 2.46. The molecule has 0 saturated carbocycles. The summed E-state index contributed by atoms with van der Waals surface area (Å²) in [6.45, 7) is 2.99. The summed E-state index contributed by atoms with van der Waals surface area (Å²) in [6.07, 6.45) is -0.341. The minimum atomic E-state index is -2.28. The molecule has 2 aliphatic rings. The van der Waals surface area contributed by atoms with E-state index in [-0.39, 0.29) is 43.3 Å². The molecule has 8 heteroatoms. The molecule has 0 aromatic rings. The van der Waals surface area contributed by atoms with E-state index in [4.69, 9.17) is 0 Å². The van der Waals surface area contributed by atoms with Gasteiger partial charge in [0.15, 0.2) is 0 Å². The Morgan fingerprint density at radius 3 is 2.32 bits per heavy atom. The predicted molar refractivity (Wildman–Crippen MR) is 74.5 cm³/mol. The van der Waals surface area contributed by atoms with Crippen molar-refractivity contribution >= 4 is 30.7 Å². The zero-order chi connectivity index (χ0) is 12.3. The molecule has 0 radical (unpaired) electrons. The Morgan fingerprint density at radius 1 is 1.21 bits per heavy atom. The van der Waals surface area contributed by atoms with Crippen LogP contribution in [0.2, 0.25) is 0 Å². The minimum absolute atomic E-state index is 0. The van der Waals surface area contributed by atoms with E-state index in [2.05, 4.69) is 5.32 Å². The van der Waals surface area contributed by atoms with Gasteiger partial charge in [-0.15, -0.1) is 24.8 Å². The Bertz CT molecular complexity index is 271. The first kappa shape index (κ1) is 18.8. The second kappa shape index (κ2) is 8.89. The molecule has 0 aromatic carbocycles. The van der Waals surface area contributed by atoms with Gasteiger partial charge in [0, 0.05) is 26.2 Å². The third-order valence-electron chi connectivity index (χ3n) is 3.44. The molecule has 4 nitrogen and oxygen atoms in total. The van der Waals surface area contributed by atoms with E-state index in [0.29, 0.717) is 26.2 Å². The topological polar surface area (TPSA) is 35.6 Å². The summed E-state index contributed by atoms with van der Waals surface area (Å²) in [7, 11) is 0. The standard InChI is InChI=1S/C11H19F2N3O.2ClH/c12-10(13)8-15-4-6-16(7-5-15)11(17)9-2-1-3-14-9;;/h9-10,14H,1-8H2;2*1H.